The molecule has 1 aromatic carbocycles. The molecule has 0 aliphatic carbocycles. The Kier molecular flexibility index (Phi) is 4.10. The standard InChI is InChI=1S/C14H14ClN3O2/c1-8-3-6-11(15)12(7-8)20-14-10(13(16)18-19)5-4-9(2)17-14/h3-7,19H,1-2H3,(H2,16,18). The van der Waals surface area contributed by atoms with Gasteiger partial charge in [0, 0.05) is 5.69 Å². The van der Waals surface area contributed by atoms with Crippen molar-refractivity contribution in [3.8, 4) is 11.6 Å². The number of hydrogen-bond donors (Lipinski definition) is 2. The molecule has 0 saturated heterocycles. The van der Waals surface area contributed by atoms with E-state index in [1.165, 1.54) is 0 Å². The summed E-state index contributed by atoms with van der Waals surface area (Å²) < 4.78 is 5.71. The Morgan fingerprint density at radius 2 is 2.05 bits per heavy atom. The van der Waals surface area contributed by atoms with Gasteiger partial charge in [-0.25, -0.2) is 4.98 Å². The Hall–Kier alpha value is -2.27. The first-order valence-corrected chi connectivity index (χ1v) is 6.28. The highest BCUT2D eigenvalue weighted by Gasteiger charge is 2.13. The van der Waals surface area contributed by atoms with Gasteiger partial charge in [-0.1, -0.05) is 22.8 Å². The van der Waals surface area contributed by atoms with E-state index >= 15 is 0 Å². The van der Waals surface area contributed by atoms with E-state index in [1.54, 1.807) is 24.3 Å². The minimum Gasteiger partial charge on any atom is -0.437 e. The van der Waals surface area contributed by atoms with Crippen molar-refractivity contribution in [2.24, 2.45) is 10.9 Å². The summed E-state index contributed by atoms with van der Waals surface area (Å²) in [5.41, 5.74) is 7.76. The molecule has 0 unspecified atom stereocenters. The smallest absolute Gasteiger partial charge is 0.230 e. The fourth-order valence-electron chi connectivity index (χ4n) is 1.65. The lowest BCUT2D eigenvalue weighted by Gasteiger charge is -2.11. The van der Waals surface area contributed by atoms with Crippen LogP contribution in [0.3, 0.4) is 0 Å². The summed E-state index contributed by atoms with van der Waals surface area (Å²) >= 11 is 6.09. The van der Waals surface area contributed by atoms with Gasteiger partial charge in [0.15, 0.2) is 5.84 Å². The van der Waals surface area contributed by atoms with Gasteiger partial charge in [0.25, 0.3) is 0 Å². The van der Waals surface area contributed by atoms with Crippen LogP contribution in [-0.4, -0.2) is 16.0 Å². The van der Waals surface area contributed by atoms with Crippen molar-refractivity contribution in [1.29, 1.82) is 0 Å². The predicted octanol–water partition coefficient (Wildman–Crippen LogP) is 3.24. The zero-order valence-electron chi connectivity index (χ0n) is 11.1. The number of pyridine rings is 1. The summed E-state index contributed by atoms with van der Waals surface area (Å²) in [6.45, 7) is 3.75. The van der Waals surface area contributed by atoms with E-state index in [-0.39, 0.29) is 11.7 Å². The van der Waals surface area contributed by atoms with Gasteiger partial charge in [0.1, 0.15) is 5.75 Å². The number of nitrogens with zero attached hydrogens (tertiary/aromatic N) is 2. The molecule has 0 saturated carbocycles. The lowest BCUT2D eigenvalue weighted by Crippen LogP contribution is -2.15. The highest BCUT2D eigenvalue weighted by atomic mass is 35.5. The normalized spacial score (nSPS) is 11.4. The van der Waals surface area contributed by atoms with Crippen molar-refractivity contribution in [1.82, 2.24) is 4.98 Å². The Morgan fingerprint density at radius 3 is 2.75 bits per heavy atom. The summed E-state index contributed by atoms with van der Waals surface area (Å²) in [5, 5.41) is 12.2. The van der Waals surface area contributed by atoms with Crippen LogP contribution < -0.4 is 10.5 Å². The molecule has 0 aliphatic heterocycles. The second kappa shape index (κ2) is 5.79. The number of oxime groups is 1. The Balaban J connectivity index is 2.47. The van der Waals surface area contributed by atoms with Gasteiger partial charge in [0.05, 0.1) is 10.6 Å². The third-order valence-electron chi connectivity index (χ3n) is 2.68. The number of benzene rings is 1. The van der Waals surface area contributed by atoms with Gasteiger partial charge in [0.2, 0.25) is 5.88 Å². The van der Waals surface area contributed by atoms with Gasteiger partial charge >= 0.3 is 0 Å². The van der Waals surface area contributed by atoms with Gasteiger partial charge in [-0.3, -0.25) is 0 Å². The molecule has 1 heterocycles. The lowest BCUT2D eigenvalue weighted by atomic mass is 10.2. The van der Waals surface area contributed by atoms with Crippen molar-refractivity contribution in [2.75, 3.05) is 0 Å². The highest BCUT2D eigenvalue weighted by Crippen LogP contribution is 2.31. The summed E-state index contributed by atoms with van der Waals surface area (Å²) in [4.78, 5) is 4.26. The zero-order valence-corrected chi connectivity index (χ0v) is 11.8. The molecule has 3 N–H and O–H groups in total. The molecule has 2 rings (SSSR count). The molecule has 0 amide bonds. The maximum absolute atomic E-state index is 8.80. The molecule has 104 valence electrons. The number of rotatable bonds is 3. The van der Waals surface area contributed by atoms with Crippen molar-refractivity contribution >= 4 is 17.4 Å². The number of halogens is 1. The van der Waals surface area contributed by atoms with E-state index < -0.39 is 0 Å². The van der Waals surface area contributed by atoms with Crippen LogP contribution in [0.15, 0.2) is 35.5 Å². The minimum absolute atomic E-state index is 0.0729. The maximum atomic E-state index is 8.80. The molecule has 5 nitrogen and oxygen atoms in total. The van der Waals surface area contributed by atoms with Gasteiger partial charge in [-0.2, -0.15) is 0 Å². The van der Waals surface area contributed by atoms with Crippen LogP contribution in [0.2, 0.25) is 5.02 Å². The zero-order chi connectivity index (χ0) is 14.7. The Bertz CT molecular complexity index is 671. The fraction of sp³-hybridized carbons (Fsp3) is 0.143. The topological polar surface area (TPSA) is 80.7 Å². The van der Waals surface area contributed by atoms with Crippen LogP contribution in [0.1, 0.15) is 16.8 Å². The van der Waals surface area contributed by atoms with Crippen LogP contribution in [0.5, 0.6) is 11.6 Å². The van der Waals surface area contributed by atoms with E-state index in [0.717, 1.165) is 11.3 Å². The average Bonchev–Trinajstić information content (AvgIpc) is 2.42. The minimum atomic E-state index is -0.0729. The molecule has 1 aromatic heterocycles. The fourth-order valence-corrected chi connectivity index (χ4v) is 1.81. The first-order valence-electron chi connectivity index (χ1n) is 5.91. The van der Waals surface area contributed by atoms with Crippen molar-refractivity contribution in [3.05, 3.63) is 52.2 Å². The van der Waals surface area contributed by atoms with E-state index in [2.05, 4.69) is 10.1 Å². The molecule has 0 aliphatic rings. The lowest BCUT2D eigenvalue weighted by molar-refractivity contribution is 0.318. The molecule has 0 bridgehead atoms. The maximum Gasteiger partial charge on any atom is 0.230 e. The molecular weight excluding hydrogens is 278 g/mol. The largest absolute Gasteiger partial charge is 0.437 e. The summed E-state index contributed by atoms with van der Waals surface area (Å²) in [6.07, 6.45) is 0. The molecule has 6 heteroatoms. The summed E-state index contributed by atoms with van der Waals surface area (Å²) in [6, 6.07) is 8.84. The van der Waals surface area contributed by atoms with Crippen LogP contribution in [-0.2, 0) is 0 Å². The number of amidine groups is 1. The number of aromatic nitrogens is 1. The molecule has 20 heavy (non-hydrogen) atoms. The van der Waals surface area contributed by atoms with Gasteiger partial charge in [-0.15, -0.1) is 0 Å². The average molecular weight is 292 g/mol. The third kappa shape index (κ3) is 3.00. The third-order valence-corrected chi connectivity index (χ3v) is 2.99. The molecule has 0 spiro atoms. The van der Waals surface area contributed by atoms with E-state index in [9.17, 15) is 0 Å². The van der Waals surface area contributed by atoms with Gasteiger partial charge < -0.3 is 15.7 Å². The van der Waals surface area contributed by atoms with Crippen LogP contribution in [0.4, 0.5) is 0 Å². The molecule has 0 fully saturated rings. The Morgan fingerprint density at radius 1 is 1.30 bits per heavy atom. The van der Waals surface area contributed by atoms with Crippen molar-refractivity contribution in [2.45, 2.75) is 13.8 Å². The molecule has 0 radical (unpaired) electrons. The SMILES string of the molecule is Cc1ccc(Cl)c(Oc2nc(C)ccc2C(N)=NO)c1. The van der Waals surface area contributed by atoms with Crippen molar-refractivity contribution < 1.29 is 9.94 Å². The van der Waals surface area contributed by atoms with Crippen LogP contribution in [0, 0.1) is 13.8 Å². The van der Waals surface area contributed by atoms with E-state index in [0.29, 0.717) is 16.3 Å². The number of hydrogen-bond acceptors (Lipinski definition) is 4. The molecule has 2 aromatic rings. The molecule has 0 atom stereocenters. The second-order valence-electron chi connectivity index (χ2n) is 4.33. The Labute approximate surface area is 121 Å². The quantitative estimate of drug-likeness (QED) is 0.394. The number of ether oxygens (including phenoxy) is 1. The van der Waals surface area contributed by atoms with E-state index in [1.807, 2.05) is 19.9 Å². The highest BCUT2D eigenvalue weighted by molar-refractivity contribution is 6.32. The van der Waals surface area contributed by atoms with Gasteiger partial charge in [-0.05, 0) is 43.7 Å². The van der Waals surface area contributed by atoms with Crippen molar-refractivity contribution in [3.63, 3.8) is 0 Å². The number of nitrogens with two attached hydrogens (primary N) is 1. The monoisotopic (exact) mass is 291 g/mol. The predicted molar refractivity (Wildman–Crippen MR) is 77.7 cm³/mol. The molecular formula is C14H14ClN3O2. The summed E-state index contributed by atoms with van der Waals surface area (Å²) in [5.74, 6) is 0.640. The van der Waals surface area contributed by atoms with Crippen LogP contribution >= 0.6 is 11.6 Å². The summed E-state index contributed by atoms with van der Waals surface area (Å²) in [7, 11) is 0. The van der Waals surface area contributed by atoms with Crippen LogP contribution in [0.25, 0.3) is 0 Å². The second-order valence-corrected chi connectivity index (χ2v) is 4.73. The van der Waals surface area contributed by atoms with E-state index in [4.69, 9.17) is 27.3 Å². The number of aryl methyl sites for hydroxylation is 2. The first kappa shape index (κ1) is 14.1. The first-order chi connectivity index (χ1) is 9.51.